The highest BCUT2D eigenvalue weighted by atomic mass is 35.5. The molecule has 3 aromatic carbocycles. The van der Waals surface area contributed by atoms with E-state index in [1.54, 1.807) is 12.1 Å². The Bertz CT molecular complexity index is 947. The maximum Gasteiger partial charge on any atom is 0.272 e. The molecule has 0 saturated carbocycles. The fraction of sp³-hybridized carbons (Fsp3) is 0.100. The van der Waals surface area contributed by atoms with E-state index < -0.39 is 0 Å². The Morgan fingerprint density at radius 2 is 1.75 bits per heavy atom. The highest BCUT2D eigenvalue weighted by Crippen LogP contribution is 2.18. The average molecular weight is 337 g/mol. The normalized spacial score (nSPS) is 11.5. The molecular formula is C20H17ClN2O. The predicted octanol–water partition coefficient (Wildman–Crippen LogP) is 4.96. The van der Waals surface area contributed by atoms with Crippen molar-refractivity contribution in [3.63, 3.8) is 0 Å². The first-order valence-corrected chi connectivity index (χ1v) is 8.02. The lowest BCUT2D eigenvalue weighted by Crippen LogP contribution is -2.19. The lowest BCUT2D eigenvalue weighted by Gasteiger charge is -2.06. The standard InChI is InChI=1S/C20H17ClN2O/c1-13-7-10-18(19(21)11-13)20(24)23-22-14(2)16-9-8-15-5-3-4-6-17(15)12-16/h3-12H,1-2H3,(H,23,24). The first kappa shape index (κ1) is 16.2. The third-order valence-electron chi connectivity index (χ3n) is 3.86. The summed E-state index contributed by atoms with van der Waals surface area (Å²) in [6, 6.07) is 19.5. The summed E-state index contributed by atoms with van der Waals surface area (Å²) < 4.78 is 0. The molecule has 0 aromatic heterocycles. The molecule has 24 heavy (non-hydrogen) atoms. The van der Waals surface area contributed by atoms with E-state index in [2.05, 4.69) is 28.7 Å². The zero-order valence-electron chi connectivity index (χ0n) is 13.5. The zero-order valence-corrected chi connectivity index (χ0v) is 14.3. The fourth-order valence-electron chi connectivity index (χ4n) is 2.48. The van der Waals surface area contributed by atoms with Gasteiger partial charge in [-0.15, -0.1) is 0 Å². The number of hydrazone groups is 1. The number of benzene rings is 3. The monoisotopic (exact) mass is 336 g/mol. The van der Waals surface area contributed by atoms with Crippen LogP contribution in [0.4, 0.5) is 0 Å². The summed E-state index contributed by atoms with van der Waals surface area (Å²) in [5.74, 6) is -0.319. The summed E-state index contributed by atoms with van der Waals surface area (Å²) in [6.45, 7) is 3.79. The molecule has 0 bridgehead atoms. The molecule has 0 heterocycles. The molecule has 1 N–H and O–H groups in total. The summed E-state index contributed by atoms with van der Waals surface area (Å²) in [5.41, 5.74) is 5.69. The van der Waals surface area contributed by atoms with Crippen LogP contribution in [0.25, 0.3) is 10.8 Å². The number of carbonyl (C=O) groups is 1. The SMILES string of the molecule is CC(=NNC(=O)c1ccc(C)cc1Cl)c1ccc2ccccc2c1. The van der Waals surface area contributed by atoms with Crippen molar-refractivity contribution in [1.82, 2.24) is 5.43 Å². The predicted molar refractivity (Wildman–Crippen MR) is 99.8 cm³/mol. The Morgan fingerprint density at radius 3 is 2.50 bits per heavy atom. The third-order valence-corrected chi connectivity index (χ3v) is 4.17. The van der Waals surface area contributed by atoms with Gasteiger partial charge in [0.05, 0.1) is 16.3 Å². The Morgan fingerprint density at radius 1 is 1.00 bits per heavy atom. The van der Waals surface area contributed by atoms with Gasteiger partial charge in [-0.05, 0) is 53.9 Å². The smallest absolute Gasteiger partial charge is 0.267 e. The molecule has 120 valence electrons. The maximum atomic E-state index is 12.2. The maximum absolute atomic E-state index is 12.2. The molecule has 0 aliphatic carbocycles. The first-order chi connectivity index (χ1) is 11.5. The van der Waals surface area contributed by atoms with Gasteiger partial charge in [0.1, 0.15) is 0 Å². The number of carbonyl (C=O) groups excluding carboxylic acids is 1. The van der Waals surface area contributed by atoms with Crippen LogP contribution in [-0.4, -0.2) is 11.6 Å². The molecule has 0 fully saturated rings. The quantitative estimate of drug-likeness (QED) is 0.533. The van der Waals surface area contributed by atoms with Gasteiger partial charge in [-0.2, -0.15) is 5.10 Å². The van der Waals surface area contributed by atoms with Crippen molar-refractivity contribution in [2.75, 3.05) is 0 Å². The Kier molecular flexibility index (Phi) is 4.63. The van der Waals surface area contributed by atoms with Crippen LogP contribution >= 0.6 is 11.6 Å². The molecule has 0 atom stereocenters. The second kappa shape index (κ2) is 6.85. The summed E-state index contributed by atoms with van der Waals surface area (Å²) in [5, 5.41) is 6.93. The van der Waals surface area contributed by atoms with Gasteiger partial charge < -0.3 is 0 Å². The van der Waals surface area contributed by atoms with Crippen molar-refractivity contribution in [2.45, 2.75) is 13.8 Å². The van der Waals surface area contributed by atoms with Gasteiger partial charge in [-0.3, -0.25) is 4.79 Å². The minimum absolute atomic E-state index is 0.319. The van der Waals surface area contributed by atoms with Gasteiger partial charge in [0.15, 0.2) is 0 Å². The molecule has 3 rings (SSSR count). The van der Waals surface area contributed by atoms with Crippen molar-refractivity contribution < 1.29 is 4.79 Å². The van der Waals surface area contributed by atoms with Crippen LogP contribution in [0.1, 0.15) is 28.4 Å². The molecule has 3 nitrogen and oxygen atoms in total. The number of nitrogens with one attached hydrogen (secondary N) is 1. The number of hydrogen-bond acceptors (Lipinski definition) is 2. The van der Waals surface area contributed by atoms with Gasteiger partial charge in [0.25, 0.3) is 5.91 Å². The molecule has 3 aromatic rings. The number of amides is 1. The molecule has 4 heteroatoms. The first-order valence-electron chi connectivity index (χ1n) is 7.64. The largest absolute Gasteiger partial charge is 0.272 e. The molecule has 0 spiro atoms. The highest BCUT2D eigenvalue weighted by Gasteiger charge is 2.10. The molecule has 0 radical (unpaired) electrons. The number of rotatable bonds is 3. The van der Waals surface area contributed by atoms with Gasteiger partial charge >= 0.3 is 0 Å². The summed E-state index contributed by atoms with van der Waals surface area (Å²) in [6.07, 6.45) is 0. The van der Waals surface area contributed by atoms with Crippen molar-refractivity contribution in [1.29, 1.82) is 0 Å². The van der Waals surface area contributed by atoms with Gasteiger partial charge in [0, 0.05) is 0 Å². The van der Waals surface area contributed by atoms with Crippen LogP contribution in [-0.2, 0) is 0 Å². The molecular weight excluding hydrogens is 320 g/mol. The van der Waals surface area contributed by atoms with Crippen molar-refractivity contribution in [2.24, 2.45) is 5.10 Å². The molecule has 0 aliphatic heterocycles. The van der Waals surface area contributed by atoms with Crippen LogP contribution in [0.2, 0.25) is 5.02 Å². The topological polar surface area (TPSA) is 41.5 Å². The summed E-state index contributed by atoms with van der Waals surface area (Å²) in [7, 11) is 0. The molecule has 0 aliphatic rings. The number of nitrogens with zero attached hydrogens (tertiary/aromatic N) is 1. The second-order valence-electron chi connectivity index (χ2n) is 5.68. The van der Waals surface area contributed by atoms with E-state index in [1.807, 2.05) is 44.2 Å². The molecule has 0 saturated heterocycles. The van der Waals surface area contributed by atoms with Crippen LogP contribution in [0.15, 0.2) is 65.8 Å². The highest BCUT2D eigenvalue weighted by molar-refractivity contribution is 6.33. The lowest BCUT2D eigenvalue weighted by atomic mass is 10.0. The fourth-order valence-corrected chi connectivity index (χ4v) is 2.80. The van der Waals surface area contributed by atoms with E-state index in [4.69, 9.17) is 11.6 Å². The Balaban J connectivity index is 1.80. The van der Waals surface area contributed by atoms with Crippen molar-refractivity contribution >= 4 is 34.0 Å². The number of halogens is 1. The van der Waals surface area contributed by atoms with Crippen molar-refractivity contribution in [3.05, 3.63) is 82.4 Å². The summed E-state index contributed by atoms with van der Waals surface area (Å²) in [4.78, 5) is 12.2. The number of hydrogen-bond donors (Lipinski definition) is 1. The number of fused-ring (bicyclic) bond motifs is 1. The second-order valence-corrected chi connectivity index (χ2v) is 6.09. The zero-order chi connectivity index (χ0) is 17.1. The van der Waals surface area contributed by atoms with E-state index in [0.29, 0.717) is 10.6 Å². The van der Waals surface area contributed by atoms with E-state index >= 15 is 0 Å². The van der Waals surface area contributed by atoms with E-state index in [1.165, 1.54) is 5.39 Å². The Labute approximate surface area is 146 Å². The summed E-state index contributed by atoms with van der Waals surface area (Å²) >= 11 is 6.11. The minimum atomic E-state index is -0.319. The van der Waals surface area contributed by atoms with Gasteiger partial charge in [-0.25, -0.2) is 5.43 Å². The number of aryl methyl sites for hydroxylation is 1. The van der Waals surface area contributed by atoms with Crippen LogP contribution in [0, 0.1) is 6.92 Å². The van der Waals surface area contributed by atoms with Gasteiger partial charge in [-0.1, -0.05) is 54.1 Å². The Hall–Kier alpha value is -2.65. The van der Waals surface area contributed by atoms with E-state index in [-0.39, 0.29) is 5.91 Å². The molecule has 1 amide bonds. The van der Waals surface area contributed by atoms with E-state index in [0.717, 1.165) is 22.2 Å². The average Bonchev–Trinajstić information content (AvgIpc) is 2.59. The van der Waals surface area contributed by atoms with Crippen LogP contribution in [0.3, 0.4) is 0 Å². The van der Waals surface area contributed by atoms with E-state index in [9.17, 15) is 4.79 Å². The lowest BCUT2D eigenvalue weighted by molar-refractivity contribution is 0.0955. The van der Waals surface area contributed by atoms with Crippen molar-refractivity contribution in [3.8, 4) is 0 Å². The van der Waals surface area contributed by atoms with Crippen LogP contribution < -0.4 is 5.43 Å². The van der Waals surface area contributed by atoms with Crippen LogP contribution in [0.5, 0.6) is 0 Å². The molecule has 0 unspecified atom stereocenters. The van der Waals surface area contributed by atoms with Gasteiger partial charge in [0.2, 0.25) is 0 Å². The minimum Gasteiger partial charge on any atom is -0.267 e. The third kappa shape index (κ3) is 3.47.